The molecule has 0 aliphatic rings. The van der Waals surface area contributed by atoms with Crippen LogP contribution in [0.4, 0.5) is 5.69 Å². The van der Waals surface area contributed by atoms with Crippen molar-refractivity contribution in [2.24, 2.45) is 0 Å². The Morgan fingerprint density at radius 1 is 1.20 bits per heavy atom. The van der Waals surface area contributed by atoms with E-state index in [-0.39, 0.29) is 5.91 Å². The van der Waals surface area contributed by atoms with Crippen LogP contribution in [0, 0.1) is 11.3 Å². The van der Waals surface area contributed by atoms with Gasteiger partial charge in [0, 0.05) is 23.2 Å². The Balaban J connectivity index is 1.72. The van der Waals surface area contributed by atoms with Gasteiger partial charge in [0.25, 0.3) is 5.91 Å². The second-order valence-corrected chi connectivity index (χ2v) is 5.40. The molecule has 1 heterocycles. The lowest BCUT2D eigenvalue weighted by Gasteiger charge is -2.15. The Morgan fingerprint density at radius 2 is 2.00 bits per heavy atom. The minimum Gasteiger partial charge on any atom is -0.481 e. The van der Waals surface area contributed by atoms with Gasteiger partial charge in [0.15, 0.2) is 6.10 Å². The molecule has 1 unspecified atom stereocenters. The molecule has 1 atom stereocenters. The first-order chi connectivity index (χ1) is 12.0. The number of nitrogens with zero attached hydrogens (tertiary/aromatic N) is 1. The van der Waals surface area contributed by atoms with Crippen LogP contribution in [0.1, 0.15) is 12.5 Å². The van der Waals surface area contributed by atoms with Gasteiger partial charge in [-0.15, -0.1) is 0 Å². The molecule has 6 nitrogen and oxygen atoms in total. The molecule has 0 radical (unpaired) electrons. The molecule has 3 rings (SSSR count). The summed E-state index contributed by atoms with van der Waals surface area (Å²) in [4.78, 5) is 23.5. The van der Waals surface area contributed by atoms with E-state index in [1.54, 1.807) is 55.5 Å². The summed E-state index contributed by atoms with van der Waals surface area (Å²) < 4.78 is 10.7. The summed E-state index contributed by atoms with van der Waals surface area (Å²) in [6, 6.07) is 16.6. The molecule has 0 aliphatic carbocycles. The Morgan fingerprint density at radius 3 is 2.80 bits per heavy atom. The number of hydrogen-bond acceptors (Lipinski definition) is 5. The van der Waals surface area contributed by atoms with Crippen LogP contribution in [0.3, 0.4) is 0 Å². The quantitative estimate of drug-likeness (QED) is 0.740. The van der Waals surface area contributed by atoms with Crippen molar-refractivity contribution < 1.29 is 13.9 Å². The molecule has 1 aromatic heterocycles. The predicted octanol–water partition coefficient (Wildman–Crippen LogP) is 3.07. The number of rotatable bonds is 4. The first-order valence-corrected chi connectivity index (χ1v) is 7.57. The monoisotopic (exact) mass is 334 g/mol. The van der Waals surface area contributed by atoms with E-state index in [1.165, 1.54) is 6.07 Å². The topological polar surface area (TPSA) is 92.3 Å². The Hall–Kier alpha value is -3.59. The van der Waals surface area contributed by atoms with Crippen molar-refractivity contribution in [2.75, 3.05) is 5.32 Å². The molecule has 0 saturated heterocycles. The van der Waals surface area contributed by atoms with Crippen LogP contribution in [0.5, 0.6) is 5.75 Å². The number of ether oxygens (including phenoxy) is 1. The van der Waals surface area contributed by atoms with Gasteiger partial charge in [-0.1, -0.05) is 6.07 Å². The van der Waals surface area contributed by atoms with Gasteiger partial charge < -0.3 is 14.5 Å². The largest absolute Gasteiger partial charge is 0.481 e. The summed E-state index contributed by atoms with van der Waals surface area (Å²) >= 11 is 0. The Kier molecular flexibility index (Phi) is 4.48. The lowest BCUT2D eigenvalue weighted by molar-refractivity contribution is -0.122. The second-order valence-electron chi connectivity index (χ2n) is 5.40. The molecular weight excluding hydrogens is 320 g/mol. The summed E-state index contributed by atoms with van der Waals surface area (Å²) in [6.45, 7) is 1.61. The Labute approximate surface area is 143 Å². The maximum atomic E-state index is 12.2. The zero-order valence-corrected chi connectivity index (χ0v) is 13.4. The average molecular weight is 334 g/mol. The van der Waals surface area contributed by atoms with E-state index in [2.05, 4.69) is 5.32 Å². The lowest BCUT2D eigenvalue weighted by Crippen LogP contribution is -2.30. The van der Waals surface area contributed by atoms with E-state index in [0.717, 1.165) is 5.39 Å². The zero-order chi connectivity index (χ0) is 17.8. The fraction of sp³-hybridized carbons (Fsp3) is 0.105. The highest BCUT2D eigenvalue weighted by Crippen LogP contribution is 2.21. The number of hydrogen-bond donors (Lipinski definition) is 1. The fourth-order valence-electron chi connectivity index (χ4n) is 2.28. The molecule has 124 valence electrons. The van der Waals surface area contributed by atoms with Crippen LogP contribution in [0.25, 0.3) is 11.0 Å². The first-order valence-electron chi connectivity index (χ1n) is 7.57. The number of fused-ring (bicyclic) bond motifs is 1. The van der Waals surface area contributed by atoms with E-state index >= 15 is 0 Å². The smallest absolute Gasteiger partial charge is 0.336 e. The van der Waals surface area contributed by atoms with Crippen LogP contribution < -0.4 is 15.7 Å². The number of anilines is 1. The van der Waals surface area contributed by atoms with Gasteiger partial charge in [0.1, 0.15) is 11.3 Å². The number of nitrogens with one attached hydrogen (secondary N) is 1. The zero-order valence-electron chi connectivity index (χ0n) is 13.4. The predicted molar refractivity (Wildman–Crippen MR) is 92.4 cm³/mol. The van der Waals surface area contributed by atoms with Gasteiger partial charge >= 0.3 is 5.63 Å². The van der Waals surface area contributed by atoms with Crippen LogP contribution in [-0.2, 0) is 4.79 Å². The fourth-order valence-corrected chi connectivity index (χ4v) is 2.28. The van der Waals surface area contributed by atoms with E-state index in [9.17, 15) is 9.59 Å². The molecule has 0 aliphatic heterocycles. The van der Waals surface area contributed by atoms with E-state index in [1.807, 2.05) is 6.07 Å². The number of amides is 1. The molecule has 0 saturated carbocycles. The van der Waals surface area contributed by atoms with Gasteiger partial charge in [-0.3, -0.25) is 4.79 Å². The molecule has 0 spiro atoms. The lowest BCUT2D eigenvalue weighted by atomic mass is 10.2. The number of benzene rings is 2. The number of carbonyl (C=O) groups is 1. The van der Waals surface area contributed by atoms with Gasteiger partial charge in [-0.05, 0) is 43.3 Å². The molecule has 3 aromatic rings. The summed E-state index contributed by atoms with van der Waals surface area (Å²) in [5.41, 5.74) is 0.909. The first kappa shape index (κ1) is 16.3. The normalized spacial score (nSPS) is 11.5. The van der Waals surface area contributed by atoms with Gasteiger partial charge in [0.05, 0.1) is 11.6 Å². The van der Waals surface area contributed by atoms with Crippen molar-refractivity contribution in [2.45, 2.75) is 13.0 Å². The second kappa shape index (κ2) is 6.89. The number of nitriles is 1. The van der Waals surface area contributed by atoms with Crippen LogP contribution in [0.2, 0.25) is 0 Å². The molecule has 25 heavy (non-hydrogen) atoms. The van der Waals surface area contributed by atoms with Crippen molar-refractivity contribution in [3.05, 3.63) is 70.6 Å². The van der Waals surface area contributed by atoms with Gasteiger partial charge in [0.2, 0.25) is 0 Å². The highest BCUT2D eigenvalue weighted by Gasteiger charge is 2.15. The minimum absolute atomic E-state index is 0.357. The van der Waals surface area contributed by atoms with Gasteiger partial charge in [-0.25, -0.2) is 4.79 Å². The highest BCUT2D eigenvalue weighted by molar-refractivity contribution is 5.94. The van der Waals surface area contributed by atoms with Crippen LogP contribution in [-0.4, -0.2) is 12.0 Å². The van der Waals surface area contributed by atoms with E-state index in [0.29, 0.717) is 22.6 Å². The average Bonchev–Trinajstić information content (AvgIpc) is 2.61. The third-order valence-corrected chi connectivity index (χ3v) is 3.54. The summed E-state index contributed by atoms with van der Waals surface area (Å²) in [5.74, 6) is 0.0555. The van der Waals surface area contributed by atoms with Gasteiger partial charge in [-0.2, -0.15) is 5.26 Å². The minimum atomic E-state index is -0.779. The van der Waals surface area contributed by atoms with Crippen molar-refractivity contribution >= 4 is 22.6 Å². The summed E-state index contributed by atoms with van der Waals surface area (Å²) in [5, 5.41) is 12.3. The maximum absolute atomic E-state index is 12.2. The van der Waals surface area contributed by atoms with Crippen molar-refractivity contribution in [1.29, 1.82) is 5.26 Å². The molecule has 0 fully saturated rings. The molecular formula is C19H14N2O4. The molecule has 6 heteroatoms. The summed E-state index contributed by atoms with van der Waals surface area (Å²) in [6.07, 6.45) is -0.779. The van der Waals surface area contributed by atoms with E-state index < -0.39 is 11.7 Å². The molecule has 1 N–H and O–H groups in total. The molecule has 2 aromatic carbocycles. The third-order valence-electron chi connectivity index (χ3n) is 3.54. The summed E-state index contributed by atoms with van der Waals surface area (Å²) in [7, 11) is 0. The highest BCUT2D eigenvalue weighted by atomic mass is 16.5. The maximum Gasteiger partial charge on any atom is 0.336 e. The third kappa shape index (κ3) is 3.85. The van der Waals surface area contributed by atoms with Crippen molar-refractivity contribution in [3.8, 4) is 11.8 Å². The Bertz CT molecular complexity index is 1030. The van der Waals surface area contributed by atoms with Crippen LogP contribution >= 0.6 is 0 Å². The molecule has 1 amide bonds. The van der Waals surface area contributed by atoms with E-state index in [4.69, 9.17) is 14.4 Å². The van der Waals surface area contributed by atoms with Crippen molar-refractivity contribution in [1.82, 2.24) is 0 Å². The molecule has 0 bridgehead atoms. The van der Waals surface area contributed by atoms with Crippen LogP contribution in [0.15, 0.2) is 63.8 Å². The van der Waals surface area contributed by atoms with Crippen molar-refractivity contribution in [3.63, 3.8) is 0 Å². The standard InChI is InChI=1S/C19H14N2O4/c1-12(19(23)21-15-4-2-3-13(9-15)11-20)24-16-7-5-14-6-8-18(22)25-17(14)10-16/h2-10,12H,1H3,(H,21,23). The number of carbonyl (C=O) groups excluding carboxylic acids is 1. The SMILES string of the molecule is CC(Oc1ccc2ccc(=O)oc2c1)C(=O)Nc1cccc(C#N)c1.